The molecule has 29 heteroatoms. The fraction of sp³-hybridized carbons (Fsp3) is 0.714. The first-order chi connectivity index (χ1) is 22.9. The number of amides is 2. The fourth-order valence-corrected chi connectivity index (χ4v) is 6.72. The number of anilines is 1. The van der Waals surface area contributed by atoms with Gasteiger partial charge in [0.2, 0.25) is 5.95 Å². The van der Waals surface area contributed by atoms with E-state index in [4.69, 9.17) is 72.7 Å². The van der Waals surface area contributed by atoms with Crippen LogP contribution >= 0.6 is 40.3 Å². The highest BCUT2D eigenvalue weighted by Gasteiger charge is 2.44. The van der Waals surface area contributed by atoms with Crippen molar-refractivity contribution < 1.29 is 71.4 Å². The van der Waals surface area contributed by atoms with Crippen molar-refractivity contribution in [3.63, 3.8) is 0 Å². The number of hydroxylamine groups is 1. The van der Waals surface area contributed by atoms with Gasteiger partial charge in [0.25, 0.3) is 0 Å². The Kier molecular flexibility index (Phi) is 17.4. The molecule has 288 valence electrons. The Labute approximate surface area is 294 Å². The number of aliphatic hydroxyl groups excluding tert-OH is 2. The van der Waals surface area contributed by atoms with Gasteiger partial charge in [0, 0.05) is 19.3 Å². The van der Waals surface area contributed by atoms with Crippen molar-refractivity contribution >= 4 is 63.4 Å². The number of carbonyl (C=O) groups is 1. The number of aromatic nitrogens is 4. The number of carbonyl (C=O) groups excluding carboxylic acids is 1. The van der Waals surface area contributed by atoms with Crippen LogP contribution in [0.1, 0.15) is 19.3 Å². The van der Waals surface area contributed by atoms with Gasteiger partial charge < -0.3 is 72.8 Å². The minimum atomic E-state index is -4.66. The lowest BCUT2D eigenvalue weighted by Crippen LogP contribution is -2.31. The third-order valence-corrected chi connectivity index (χ3v) is 8.98. The molecule has 0 aliphatic carbocycles. The van der Waals surface area contributed by atoms with Gasteiger partial charge in [0.15, 0.2) is 10.3 Å². The van der Waals surface area contributed by atoms with Crippen LogP contribution in [-0.4, -0.2) is 126 Å². The van der Waals surface area contributed by atoms with Gasteiger partial charge in [0.05, 0.1) is 32.3 Å². The summed E-state index contributed by atoms with van der Waals surface area (Å²) in [5, 5.41) is 26.4. The normalized spacial score (nSPS) is 31.3. The lowest BCUT2D eigenvalue weighted by atomic mass is 10.2. The lowest BCUT2D eigenvalue weighted by molar-refractivity contribution is -0.0431. The van der Waals surface area contributed by atoms with Crippen molar-refractivity contribution in [1.82, 2.24) is 25.4 Å². The zero-order valence-corrected chi connectivity index (χ0v) is 29.2. The first-order valence-corrected chi connectivity index (χ1v) is 17.5. The number of nitrogen functional groups attached to an aromatic ring is 1. The number of nitrogens with zero attached hydrogens (tertiary/aromatic N) is 2. The smallest absolute Gasteiger partial charge is 0.394 e. The zero-order valence-electron chi connectivity index (χ0n) is 25.8. The fourth-order valence-electron chi connectivity index (χ4n) is 4.54. The molecule has 0 spiro atoms. The predicted octanol–water partition coefficient (Wildman–Crippen LogP) is -2.37. The molecular formula is C21H41ClN10O15P2S. The number of imidazole rings is 1. The van der Waals surface area contributed by atoms with Crippen LogP contribution in [0.25, 0.3) is 11.2 Å². The Hall–Kier alpha value is -2.01. The largest absolute Gasteiger partial charge is 0.472 e. The van der Waals surface area contributed by atoms with Crippen LogP contribution < -0.4 is 34.1 Å². The zero-order chi connectivity index (χ0) is 36.5. The summed E-state index contributed by atoms with van der Waals surface area (Å²) in [4.78, 5) is 42.6. The molecule has 11 atom stereocenters. The van der Waals surface area contributed by atoms with Gasteiger partial charge in [-0.15, -0.1) is 12.4 Å². The second-order valence-electron chi connectivity index (χ2n) is 10.4. The van der Waals surface area contributed by atoms with Crippen molar-refractivity contribution in [1.29, 1.82) is 0 Å². The molecule has 3 aliphatic heterocycles. The highest BCUT2D eigenvalue weighted by atomic mass is 35.5. The monoisotopic (exact) mass is 802 g/mol. The average molecular weight is 803 g/mol. The second kappa shape index (κ2) is 19.7. The van der Waals surface area contributed by atoms with E-state index in [0.29, 0.717) is 15.8 Å². The molecular weight excluding hydrogens is 762 g/mol. The van der Waals surface area contributed by atoms with Crippen molar-refractivity contribution in [2.45, 2.75) is 74.6 Å². The number of hydrogen-bond acceptors (Lipinski definition) is 20. The Morgan fingerprint density at radius 3 is 1.96 bits per heavy atom. The first kappa shape index (κ1) is 44.2. The van der Waals surface area contributed by atoms with Gasteiger partial charge in [-0.25, -0.2) is 29.4 Å². The SMILES string of the molecule is Cl.NC(=O)NO.NC1CC(O)C(COP(=O)(O)OC2CC(N)OC2COP(=O)(O)OC2CC(N)OC2CO)O1.Nc1nc(=S)c2[nH]cnc2[nH]1. The van der Waals surface area contributed by atoms with Crippen molar-refractivity contribution in [2.24, 2.45) is 22.9 Å². The molecule has 0 bridgehead atoms. The van der Waals surface area contributed by atoms with E-state index >= 15 is 0 Å². The molecule has 2 aromatic heterocycles. The van der Waals surface area contributed by atoms with Crippen LogP contribution in [0.5, 0.6) is 0 Å². The van der Waals surface area contributed by atoms with Crippen LogP contribution in [0.3, 0.4) is 0 Å². The molecule has 5 rings (SSSR count). The Morgan fingerprint density at radius 2 is 1.46 bits per heavy atom. The lowest BCUT2D eigenvalue weighted by Gasteiger charge is -2.24. The highest BCUT2D eigenvalue weighted by molar-refractivity contribution is 7.71. The van der Waals surface area contributed by atoms with Crippen LogP contribution in [0.4, 0.5) is 10.7 Å². The van der Waals surface area contributed by atoms with E-state index in [2.05, 4.69) is 25.7 Å². The van der Waals surface area contributed by atoms with Crippen molar-refractivity contribution in [3.8, 4) is 0 Å². The van der Waals surface area contributed by atoms with Gasteiger partial charge in [-0.2, -0.15) is 0 Å². The predicted molar refractivity (Wildman–Crippen MR) is 172 cm³/mol. The van der Waals surface area contributed by atoms with E-state index in [0.717, 1.165) is 0 Å². The summed E-state index contributed by atoms with van der Waals surface area (Å²) in [6.07, 6.45) is -6.66. The summed E-state index contributed by atoms with van der Waals surface area (Å²) in [6, 6.07) is -0.940. The molecule has 2 amide bonds. The first-order valence-electron chi connectivity index (χ1n) is 14.1. The number of fused-ring (bicyclic) bond motifs is 1. The number of phosphoric acid groups is 2. The number of urea groups is 1. The van der Waals surface area contributed by atoms with Gasteiger partial charge >= 0.3 is 21.7 Å². The number of H-pyrrole nitrogens is 2. The summed E-state index contributed by atoms with van der Waals surface area (Å²) in [7, 11) is -9.31. The molecule has 18 N–H and O–H groups in total. The third kappa shape index (κ3) is 13.8. The molecule has 3 saturated heterocycles. The number of nitrogens with one attached hydrogen (secondary N) is 3. The third-order valence-electron chi connectivity index (χ3n) is 6.66. The number of ether oxygens (including phenoxy) is 3. The molecule has 3 aliphatic rings. The number of halogens is 1. The summed E-state index contributed by atoms with van der Waals surface area (Å²) in [6.45, 7) is -1.51. The Morgan fingerprint density at radius 1 is 0.980 bits per heavy atom. The Balaban J connectivity index is 0.000000417. The topological polar surface area (TPSA) is 416 Å². The van der Waals surface area contributed by atoms with E-state index in [1.165, 1.54) is 11.8 Å². The van der Waals surface area contributed by atoms with E-state index in [1.54, 1.807) is 0 Å². The number of nitrogens with two attached hydrogens (primary N) is 5. The van der Waals surface area contributed by atoms with Gasteiger partial charge in [-0.1, -0.05) is 12.2 Å². The minimum absolute atomic E-state index is 0. The highest BCUT2D eigenvalue weighted by Crippen LogP contribution is 2.50. The molecule has 0 radical (unpaired) electrons. The maximum atomic E-state index is 12.3. The average Bonchev–Trinajstić information content (AvgIpc) is 3.77. The summed E-state index contributed by atoms with van der Waals surface area (Å²) in [5.41, 5.74) is 29.0. The number of aliphatic hydroxyl groups is 2. The van der Waals surface area contributed by atoms with E-state index in [-0.39, 0.29) is 37.6 Å². The van der Waals surface area contributed by atoms with Crippen molar-refractivity contribution in [2.75, 3.05) is 25.6 Å². The van der Waals surface area contributed by atoms with Gasteiger partial charge in [-0.05, 0) is 0 Å². The molecule has 25 nitrogen and oxygen atoms in total. The minimum Gasteiger partial charge on any atom is -0.394 e. The molecule has 5 heterocycles. The summed E-state index contributed by atoms with van der Waals surface area (Å²) in [5.74, 6) is 0.287. The molecule has 0 saturated carbocycles. The van der Waals surface area contributed by atoms with E-state index in [9.17, 15) is 33.9 Å². The maximum Gasteiger partial charge on any atom is 0.472 e. The number of hydrogen-bond donors (Lipinski definition) is 13. The van der Waals surface area contributed by atoms with E-state index in [1.807, 2.05) is 0 Å². The molecule has 11 unspecified atom stereocenters. The number of rotatable bonds is 11. The molecule has 0 aromatic carbocycles. The number of phosphoric ester groups is 2. The summed E-state index contributed by atoms with van der Waals surface area (Å²) >= 11 is 4.91. The molecule has 2 aromatic rings. The standard InChI is InChI=1S/C15H31N3O13P2.C5H5N5S.CH4N2O2.ClH/c16-13-1-7(20)11(28-13)5-25-32(21,22)31-9-3-15(18)29-12(9)6-26-33(23,24)30-8-2-14(17)27-10(8)4-19;6-5-9-3-2(4(11)10-5)7-1-8-3;2-1(4)3-5;/h7-15,19-20H,1-6,16-18H2,(H,21,22)(H,23,24);1H,(H4,6,7,8,9,10,11);5H,(H3,2,3,4);1H. The van der Waals surface area contributed by atoms with Crippen LogP contribution in [-0.2, 0) is 41.4 Å². The Bertz CT molecular complexity index is 1530. The van der Waals surface area contributed by atoms with E-state index < -0.39 is 96.8 Å². The van der Waals surface area contributed by atoms with Gasteiger partial charge in [0.1, 0.15) is 54.7 Å². The maximum absolute atomic E-state index is 12.3. The molecule has 50 heavy (non-hydrogen) atoms. The number of primary amides is 1. The van der Waals surface area contributed by atoms with Crippen LogP contribution in [0, 0.1) is 4.64 Å². The van der Waals surface area contributed by atoms with Crippen LogP contribution in [0.15, 0.2) is 6.33 Å². The quantitative estimate of drug-likeness (QED) is 0.0488. The van der Waals surface area contributed by atoms with Crippen molar-refractivity contribution in [3.05, 3.63) is 11.0 Å². The molecule has 3 fully saturated rings. The summed E-state index contributed by atoms with van der Waals surface area (Å²) < 4.78 is 60.7. The van der Waals surface area contributed by atoms with Gasteiger partial charge in [-0.3, -0.25) is 23.3 Å². The number of aromatic amines is 2. The van der Waals surface area contributed by atoms with Crippen LogP contribution in [0.2, 0.25) is 0 Å². The second-order valence-corrected chi connectivity index (χ2v) is 13.6.